The number of benzene rings is 1. The molecular formula is C16H22N2O4. The number of rotatable bonds is 5. The van der Waals surface area contributed by atoms with E-state index in [1.165, 1.54) is 5.06 Å². The number of alkyl carbamates (subject to hydrolysis) is 1. The van der Waals surface area contributed by atoms with Crippen molar-refractivity contribution < 1.29 is 19.2 Å². The number of carbonyl (C=O) groups is 2. The summed E-state index contributed by atoms with van der Waals surface area (Å²) in [5, 5.41) is 3.61. The first-order valence-corrected chi connectivity index (χ1v) is 6.83. The maximum atomic E-state index is 11.8. The average molecular weight is 306 g/mol. The van der Waals surface area contributed by atoms with E-state index in [0.717, 1.165) is 5.56 Å². The van der Waals surface area contributed by atoms with Crippen LogP contribution in [0.2, 0.25) is 0 Å². The summed E-state index contributed by atoms with van der Waals surface area (Å²) in [6.45, 7) is 9.07. The number of hydroxylamine groups is 2. The van der Waals surface area contributed by atoms with E-state index in [1.807, 2.05) is 30.3 Å². The van der Waals surface area contributed by atoms with Gasteiger partial charge in [-0.05, 0) is 26.3 Å². The van der Waals surface area contributed by atoms with Crippen molar-refractivity contribution in [2.45, 2.75) is 32.9 Å². The smallest absolute Gasteiger partial charge is 0.412 e. The third-order valence-corrected chi connectivity index (χ3v) is 2.39. The van der Waals surface area contributed by atoms with Crippen LogP contribution in [0.25, 0.3) is 0 Å². The SMILES string of the molecule is C=C(NC(=O)OC(C)(C)C)C(=O)ON(C)Cc1ccccc1. The quantitative estimate of drug-likeness (QED) is 0.669. The molecule has 0 spiro atoms. The molecule has 1 aromatic rings. The third-order valence-electron chi connectivity index (χ3n) is 2.39. The topological polar surface area (TPSA) is 67.9 Å². The summed E-state index contributed by atoms with van der Waals surface area (Å²) in [6.07, 6.45) is -0.750. The molecular weight excluding hydrogens is 284 g/mol. The standard InChI is InChI=1S/C16H22N2O4/c1-12(17-15(20)21-16(2,3)4)14(19)22-18(5)11-13-9-7-6-8-10-13/h6-10H,1,11H2,2-5H3,(H,17,20). The Morgan fingerprint density at radius 3 is 2.36 bits per heavy atom. The number of nitrogens with one attached hydrogen (secondary N) is 1. The fourth-order valence-electron chi connectivity index (χ4n) is 1.55. The summed E-state index contributed by atoms with van der Waals surface area (Å²) >= 11 is 0. The molecule has 0 aliphatic rings. The highest BCUT2D eigenvalue weighted by molar-refractivity contribution is 5.91. The van der Waals surface area contributed by atoms with Crippen molar-refractivity contribution in [1.82, 2.24) is 10.4 Å². The van der Waals surface area contributed by atoms with Crippen LogP contribution < -0.4 is 5.32 Å². The van der Waals surface area contributed by atoms with Crippen molar-refractivity contribution in [1.29, 1.82) is 0 Å². The van der Waals surface area contributed by atoms with Gasteiger partial charge in [-0.3, -0.25) is 5.32 Å². The van der Waals surface area contributed by atoms with E-state index < -0.39 is 17.7 Å². The van der Waals surface area contributed by atoms with Gasteiger partial charge in [-0.2, -0.15) is 0 Å². The second-order valence-electron chi connectivity index (χ2n) is 5.76. The number of carbonyl (C=O) groups excluding carboxylic acids is 2. The third kappa shape index (κ3) is 6.90. The Hall–Kier alpha value is -2.34. The van der Waals surface area contributed by atoms with E-state index in [-0.39, 0.29) is 5.70 Å². The van der Waals surface area contributed by atoms with Crippen LogP contribution in [-0.2, 0) is 20.9 Å². The lowest BCUT2D eigenvalue weighted by Crippen LogP contribution is -2.35. The summed E-state index contributed by atoms with van der Waals surface area (Å²) < 4.78 is 5.03. The lowest BCUT2D eigenvalue weighted by molar-refractivity contribution is -0.181. The van der Waals surface area contributed by atoms with Gasteiger partial charge in [-0.25, -0.2) is 9.59 Å². The van der Waals surface area contributed by atoms with Crippen molar-refractivity contribution in [3.05, 3.63) is 48.2 Å². The predicted octanol–water partition coefficient (Wildman–Crippen LogP) is 2.62. The number of nitrogens with zero attached hydrogens (tertiary/aromatic N) is 1. The zero-order chi connectivity index (χ0) is 16.8. The molecule has 6 nitrogen and oxygen atoms in total. The van der Waals surface area contributed by atoms with Crippen molar-refractivity contribution in [3.8, 4) is 0 Å². The first-order chi connectivity index (χ1) is 10.2. The van der Waals surface area contributed by atoms with Crippen LogP contribution in [0.1, 0.15) is 26.3 Å². The summed E-state index contributed by atoms with van der Waals surface area (Å²) in [5.74, 6) is -0.746. The van der Waals surface area contributed by atoms with Crippen LogP contribution in [0.5, 0.6) is 0 Å². The van der Waals surface area contributed by atoms with Gasteiger partial charge >= 0.3 is 12.1 Å². The van der Waals surface area contributed by atoms with Gasteiger partial charge in [-0.1, -0.05) is 36.9 Å². The van der Waals surface area contributed by atoms with Crippen molar-refractivity contribution in [3.63, 3.8) is 0 Å². The van der Waals surface area contributed by atoms with E-state index in [1.54, 1.807) is 27.8 Å². The Balaban J connectivity index is 2.44. The molecule has 0 aliphatic carbocycles. The Bertz CT molecular complexity index is 535. The Labute approximate surface area is 130 Å². The Kier molecular flexibility index (Phi) is 6.12. The molecule has 6 heteroatoms. The summed E-state index contributed by atoms with van der Waals surface area (Å²) in [5.41, 5.74) is 0.149. The Morgan fingerprint density at radius 2 is 1.82 bits per heavy atom. The van der Waals surface area contributed by atoms with Gasteiger partial charge in [0.15, 0.2) is 0 Å². The number of amides is 1. The predicted molar refractivity (Wildman–Crippen MR) is 82.5 cm³/mol. The van der Waals surface area contributed by atoms with Crippen molar-refractivity contribution in [2.24, 2.45) is 0 Å². The number of ether oxygens (including phenoxy) is 1. The number of hydrogen-bond acceptors (Lipinski definition) is 5. The molecule has 0 unspecified atom stereocenters. The van der Waals surface area contributed by atoms with E-state index in [9.17, 15) is 9.59 Å². The van der Waals surface area contributed by atoms with Gasteiger partial charge in [0.1, 0.15) is 11.3 Å². The Morgan fingerprint density at radius 1 is 1.23 bits per heavy atom. The largest absolute Gasteiger partial charge is 0.444 e. The molecule has 0 fully saturated rings. The maximum absolute atomic E-state index is 11.8. The monoisotopic (exact) mass is 306 g/mol. The normalized spacial score (nSPS) is 11.0. The molecule has 22 heavy (non-hydrogen) atoms. The van der Waals surface area contributed by atoms with Gasteiger partial charge in [0.25, 0.3) is 0 Å². The second-order valence-corrected chi connectivity index (χ2v) is 5.76. The fraction of sp³-hybridized carbons (Fsp3) is 0.375. The summed E-state index contributed by atoms with van der Waals surface area (Å²) in [6, 6.07) is 9.53. The minimum atomic E-state index is -0.750. The fourth-order valence-corrected chi connectivity index (χ4v) is 1.55. The molecule has 0 aliphatic heterocycles. The van der Waals surface area contributed by atoms with E-state index >= 15 is 0 Å². The zero-order valence-electron chi connectivity index (χ0n) is 13.4. The second kappa shape index (κ2) is 7.61. The van der Waals surface area contributed by atoms with Crippen LogP contribution in [0.3, 0.4) is 0 Å². The molecule has 0 atom stereocenters. The lowest BCUT2D eigenvalue weighted by atomic mass is 10.2. The van der Waals surface area contributed by atoms with E-state index in [4.69, 9.17) is 9.57 Å². The molecule has 1 aromatic carbocycles. The molecule has 0 heterocycles. The maximum Gasteiger partial charge on any atom is 0.412 e. The molecule has 1 N–H and O–H groups in total. The molecule has 0 aromatic heterocycles. The van der Waals surface area contributed by atoms with Crippen LogP contribution >= 0.6 is 0 Å². The minimum absolute atomic E-state index is 0.186. The summed E-state index contributed by atoms with van der Waals surface area (Å²) in [7, 11) is 1.62. The highest BCUT2D eigenvalue weighted by Gasteiger charge is 2.20. The van der Waals surface area contributed by atoms with Gasteiger partial charge in [-0.15, -0.1) is 5.06 Å². The highest BCUT2D eigenvalue weighted by Crippen LogP contribution is 2.08. The number of hydrogen-bond donors (Lipinski definition) is 1. The van der Waals surface area contributed by atoms with Gasteiger partial charge in [0, 0.05) is 7.05 Å². The van der Waals surface area contributed by atoms with Gasteiger partial charge in [0.2, 0.25) is 0 Å². The minimum Gasteiger partial charge on any atom is -0.444 e. The van der Waals surface area contributed by atoms with Crippen LogP contribution in [0.15, 0.2) is 42.6 Å². The molecule has 0 radical (unpaired) electrons. The first kappa shape index (κ1) is 17.7. The molecule has 0 saturated heterocycles. The van der Waals surface area contributed by atoms with Gasteiger partial charge < -0.3 is 9.57 Å². The van der Waals surface area contributed by atoms with Crippen LogP contribution in [-0.4, -0.2) is 29.8 Å². The average Bonchev–Trinajstić information content (AvgIpc) is 2.37. The van der Waals surface area contributed by atoms with E-state index in [2.05, 4.69) is 11.9 Å². The molecule has 120 valence electrons. The zero-order valence-corrected chi connectivity index (χ0v) is 13.4. The molecule has 1 amide bonds. The van der Waals surface area contributed by atoms with Gasteiger partial charge in [0.05, 0.1) is 6.54 Å². The van der Waals surface area contributed by atoms with Crippen LogP contribution in [0.4, 0.5) is 4.79 Å². The molecule has 0 bridgehead atoms. The first-order valence-electron chi connectivity index (χ1n) is 6.83. The van der Waals surface area contributed by atoms with Crippen molar-refractivity contribution in [2.75, 3.05) is 7.05 Å². The molecule has 1 rings (SSSR count). The van der Waals surface area contributed by atoms with Crippen molar-refractivity contribution >= 4 is 12.1 Å². The highest BCUT2D eigenvalue weighted by atomic mass is 16.7. The van der Waals surface area contributed by atoms with E-state index in [0.29, 0.717) is 6.54 Å². The van der Waals surface area contributed by atoms with Crippen LogP contribution in [0, 0.1) is 0 Å². The summed E-state index contributed by atoms with van der Waals surface area (Å²) in [4.78, 5) is 28.4. The lowest BCUT2D eigenvalue weighted by Gasteiger charge is -2.20. The molecule has 0 saturated carbocycles.